The van der Waals surface area contributed by atoms with E-state index in [1.807, 2.05) is 18.2 Å². The van der Waals surface area contributed by atoms with Crippen LogP contribution in [0.5, 0.6) is 0 Å². The Bertz CT molecular complexity index is 334. The van der Waals surface area contributed by atoms with Crippen LogP contribution in [0.3, 0.4) is 0 Å². The highest BCUT2D eigenvalue weighted by atomic mass is 79.9. The zero-order valence-corrected chi connectivity index (χ0v) is 10.7. The number of rotatable bonds is 3. The monoisotopic (exact) mass is 292 g/mol. The molecule has 0 nitrogen and oxygen atoms in total. The van der Waals surface area contributed by atoms with Gasteiger partial charge in [-0.1, -0.05) is 58.0 Å². The SMILES string of the molecule is Clc1ccc(C(Br)CC2CC2)cc1Cl. The van der Waals surface area contributed by atoms with E-state index >= 15 is 0 Å². The van der Waals surface area contributed by atoms with E-state index in [0.717, 1.165) is 5.92 Å². The van der Waals surface area contributed by atoms with Crippen molar-refractivity contribution in [1.82, 2.24) is 0 Å². The number of benzene rings is 1. The Labute approximate surface area is 103 Å². The van der Waals surface area contributed by atoms with Crippen LogP contribution in [0.2, 0.25) is 10.0 Å². The van der Waals surface area contributed by atoms with Crippen LogP contribution >= 0.6 is 39.1 Å². The largest absolute Gasteiger partial charge is 0.0839 e. The predicted octanol–water partition coefficient (Wildman–Crippen LogP) is 5.23. The lowest BCUT2D eigenvalue weighted by Crippen LogP contribution is -1.91. The van der Waals surface area contributed by atoms with E-state index in [9.17, 15) is 0 Å². The Kier molecular flexibility index (Phi) is 3.41. The molecule has 3 heteroatoms. The van der Waals surface area contributed by atoms with Gasteiger partial charge in [-0.25, -0.2) is 0 Å². The number of hydrogen-bond donors (Lipinski definition) is 0. The molecule has 0 saturated heterocycles. The Morgan fingerprint density at radius 1 is 1.29 bits per heavy atom. The summed E-state index contributed by atoms with van der Waals surface area (Å²) in [6.07, 6.45) is 3.96. The summed E-state index contributed by atoms with van der Waals surface area (Å²) in [6, 6.07) is 5.85. The van der Waals surface area contributed by atoms with Gasteiger partial charge in [0, 0.05) is 4.83 Å². The van der Waals surface area contributed by atoms with Crippen molar-refractivity contribution in [2.75, 3.05) is 0 Å². The molecular weight excluding hydrogens is 283 g/mol. The highest BCUT2D eigenvalue weighted by molar-refractivity contribution is 9.09. The highest BCUT2D eigenvalue weighted by Gasteiger charge is 2.25. The second-order valence-corrected chi connectivity index (χ2v) is 5.74. The van der Waals surface area contributed by atoms with E-state index in [-0.39, 0.29) is 0 Å². The molecule has 0 heterocycles. The fourth-order valence-corrected chi connectivity index (χ4v) is 2.61. The molecular formula is C11H11BrCl2. The molecule has 76 valence electrons. The molecule has 14 heavy (non-hydrogen) atoms. The van der Waals surface area contributed by atoms with Gasteiger partial charge >= 0.3 is 0 Å². The van der Waals surface area contributed by atoms with E-state index in [1.54, 1.807) is 0 Å². The summed E-state index contributed by atoms with van der Waals surface area (Å²) < 4.78 is 0. The molecule has 0 amide bonds. The van der Waals surface area contributed by atoms with E-state index in [1.165, 1.54) is 24.8 Å². The summed E-state index contributed by atoms with van der Waals surface area (Å²) in [4.78, 5) is 0.421. The Morgan fingerprint density at radius 2 is 2.00 bits per heavy atom. The van der Waals surface area contributed by atoms with Gasteiger partial charge in [-0.15, -0.1) is 0 Å². The first-order valence-electron chi connectivity index (χ1n) is 4.76. The van der Waals surface area contributed by atoms with Crippen LogP contribution in [0.15, 0.2) is 18.2 Å². The molecule has 1 aromatic carbocycles. The fourth-order valence-electron chi connectivity index (χ4n) is 1.49. The van der Waals surface area contributed by atoms with Gasteiger partial charge in [-0.2, -0.15) is 0 Å². The van der Waals surface area contributed by atoms with Crippen LogP contribution in [-0.2, 0) is 0 Å². The van der Waals surface area contributed by atoms with Gasteiger partial charge < -0.3 is 0 Å². The molecule has 0 radical (unpaired) electrons. The summed E-state index contributed by atoms with van der Waals surface area (Å²) >= 11 is 15.5. The van der Waals surface area contributed by atoms with Crippen LogP contribution in [-0.4, -0.2) is 0 Å². The lowest BCUT2D eigenvalue weighted by atomic mass is 10.1. The standard InChI is InChI=1S/C11H11BrCl2/c12-9(5-7-1-2-7)8-3-4-10(13)11(14)6-8/h3-4,6-7,9H,1-2,5H2. The molecule has 0 aliphatic heterocycles. The smallest absolute Gasteiger partial charge is 0.0595 e. The molecule has 1 aliphatic rings. The molecule has 1 aromatic rings. The Morgan fingerprint density at radius 3 is 2.57 bits per heavy atom. The molecule has 1 atom stereocenters. The van der Waals surface area contributed by atoms with Gasteiger partial charge in [0.2, 0.25) is 0 Å². The lowest BCUT2D eigenvalue weighted by Gasteiger charge is -2.10. The maximum Gasteiger partial charge on any atom is 0.0595 e. The molecule has 1 fully saturated rings. The minimum atomic E-state index is 0.421. The fraction of sp³-hybridized carbons (Fsp3) is 0.455. The number of hydrogen-bond acceptors (Lipinski definition) is 0. The highest BCUT2D eigenvalue weighted by Crippen LogP contribution is 2.42. The second-order valence-electron chi connectivity index (χ2n) is 3.82. The van der Waals surface area contributed by atoms with Crippen molar-refractivity contribution in [3.63, 3.8) is 0 Å². The van der Waals surface area contributed by atoms with E-state index in [4.69, 9.17) is 23.2 Å². The topological polar surface area (TPSA) is 0 Å². The van der Waals surface area contributed by atoms with Crippen LogP contribution in [0.1, 0.15) is 29.7 Å². The van der Waals surface area contributed by atoms with Crippen molar-refractivity contribution in [1.29, 1.82) is 0 Å². The van der Waals surface area contributed by atoms with Crippen molar-refractivity contribution >= 4 is 39.1 Å². The third-order valence-corrected chi connectivity index (χ3v) is 4.18. The van der Waals surface area contributed by atoms with Crippen molar-refractivity contribution in [3.05, 3.63) is 33.8 Å². The van der Waals surface area contributed by atoms with Crippen molar-refractivity contribution in [2.24, 2.45) is 5.92 Å². The molecule has 1 aliphatic carbocycles. The molecule has 0 spiro atoms. The average molecular weight is 294 g/mol. The van der Waals surface area contributed by atoms with Crippen LogP contribution in [0.25, 0.3) is 0 Å². The molecule has 1 unspecified atom stereocenters. The van der Waals surface area contributed by atoms with Gasteiger partial charge in [-0.3, -0.25) is 0 Å². The third kappa shape index (κ3) is 2.65. The minimum absolute atomic E-state index is 0.421. The molecule has 2 rings (SSSR count). The summed E-state index contributed by atoms with van der Waals surface area (Å²) in [5, 5.41) is 1.27. The zero-order chi connectivity index (χ0) is 10.1. The maximum absolute atomic E-state index is 5.96. The summed E-state index contributed by atoms with van der Waals surface area (Å²) in [5.41, 5.74) is 1.23. The molecule has 0 N–H and O–H groups in total. The summed E-state index contributed by atoms with van der Waals surface area (Å²) in [6.45, 7) is 0. The van der Waals surface area contributed by atoms with E-state index in [2.05, 4.69) is 15.9 Å². The quantitative estimate of drug-likeness (QED) is 0.670. The summed E-state index contributed by atoms with van der Waals surface area (Å²) in [7, 11) is 0. The minimum Gasteiger partial charge on any atom is -0.0839 e. The molecule has 0 aromatic heterocycles. The van der Waals surface area contributed by atoms with Crippen LogP contribution in [0.4, 0.5) is 0 Å². The van der Waals surface area contributed by atoms with Gasteiger partial charge in [-0.05, 0) is 30.0 Å². The van der Waals surface area contributed by atoms with Crippen LogP contribution in [0, 0.1) is 5.92 Å². The molecule has 1 saturated carbocycles. The second kappa shape index (κ2) is 4.42. The summed E-state index contributed by atoms with van der Waals surface area (Å²) in [5.74, 6) is 0.911. The van der Waals surface area contributed by atoms with E-state index < -0.39 is 0 Å². The number of alkyl halides is 1. The van der Waals surface area contributed by atoms with Gasteiger partial charge in [0.25, 0.3) is 0 Å². The maximum atomic E-state index is 5.96. The predicted molar refractivity (Wildman–Crippen MR) is 65.5 cm³/mol. The van der Waals surface area contributed by atoms with Crippen molar-refractivity contribution in [2.45, 2.75) is 24.1 Å². The first kappa shape index (κ1) is 10.8. The van der Waals surface area contributed by atoms with Gasteiger partial charge in [0.05, 0.1) is 10.0 Å². The Balaban J connectivity index is 2.10. The molecule has 0 bridgehead atoms. The lowest BCUT2D eigenvalue weighted by molar-refractivity contribution is 0.721. The zero-order valence-electron chi connectivity index (χ0n) is 7.64. The average Bonchev–Trinajstić information content (AvgIpc) is 2.93. The van der Waals surface area contributed by atoms with Crippen molar-refractivity contribution in [3.8, 4) is 0 Å². The van der Waals surface area contributed by atoms with E-state index in [0.29, 0.717) is 14.9 Å². The first-order valence-corrected chi connectivity index (χ1v) is 6.43. The van der Waals surface area contributed by atoms with Gasteiger partial charge in [0.1, 0.15) is 0 Å². The third-order valence-electron chi connectivity index (χ3n) is 2.54. The normalized spacial score (nSPS) is 18.2. The number of halogens is 3. The van der Waals surface area contributed by atoms with Crippen LogP contribution < -0.4 is 0 Å². The van der Waals surface area contributed by atoms with Crippen molar-refractivity contribution < 1.29 is 0 Å². The van der Waals surface area contributed by atoms with Gasteiger partial charge in [0.15, 0.2) is 0 Å². The Hall–Kier alpha value is 0.280. The first-order chi connectivity index (χ1) is 6.66.